The molecule has 1 aromatic heterocycles. The highest BCUT2D eigenvalue weighted by Gasteiger charge is 2.55. The van der Waals surface area contributed by atoms with Crippen LogP contribution in [0.2, 0.25) is 0 Å². The lowest BCUT2D eigenvalue weighted by Crippen LogP contribution is -2.62. The highest BCUT2D eigenvalue weighted by atomic mass is 16.4. The summed E-state index contributed by atoms with van der Waals surface area (Å²) in [5.41, 5.74) is 10.1. The minimum absolute atomic E-state index is 0.0825. The molecule has 0 radical (unpaired) electrons. The Morgan fingerprint density at radius 3 is 2.66 bits per heavy atom. The number of β-lactam (4-membered cyclic amide) rings is 1. The van der Waals surface area contributed by atoms with Gasteiger partial charge in [0.05, 0.1) is 35.4 Å². The second-order valence-corrected chi connectivity index (χ2v) is 8.52. The van der Waals surface area contributed by atoms with Crippen molar-refractivity contribution in [2.75, 3.05) is 5.73 Å². The zero-order valence-electron chi connectivity index (χ0n) is 17.6. The number of amides is 1. The normalized spacial score (nSPS) is 20.9. The second-order valence-electron chi connectivity index (χ2n) is 8.52. The van der Waals surface area contributed by atoms with Crippen molar-refractivity contribution in [2.24, 2.45) is 5.92 Å². The molecule has 1 fully saturated rings. The molecule has 2 aliphatic rings. The van der Waals surface area contributed by atoms with Crippen LogP contribution < -0.4 is 15.4 Å². The van der Waals surface area contributed by atoms with Crippen LogP contribution in [0.5, 0.6) is 0 Å². The Morgan fingerprint density at radius 2 is 1.97 bits per heavy atom. The highest BCUT2D eigenvalue weighted by molar-refractivity contribution is 6.05. The molecule has 0 unspecified atom stereocenters. The molecular weight excluding hydrogens is 406 g/mol. The molecule has 32 heavy (non-hydrogen) atoms. The van der Waals surface area contributed by atoms with E-state index in [9.17, 15) is 19.8 Å². The van der Waals surface area contributed by atoms with Gasteiger partial charge in [-0.3, -0.25) is 4.79 Å². The first-order valence-electron chi connectivity index (χ1n) is 10.6. The Kier molecular flexibility index (Phi) is 4.71. The minimum atomic E-state index is -1.37. The number of carboxylic acids is 1. The standard InChI is InChI=1S/C25H23N3O4/c1-14(29)22-21-11-19(23(25(31)32)28(21)24(22)30)16-8-6-15(7-9-16)12-27-13-18(26)10-17-4-2-3-5-20(17)27/h2-10,13-14,21-22,29H,11-12,26H2,1H3/t14-,21-,22-/m1/s1. The number of nitrogens with zero attached hydrogens (tertiary/aromatic N) is 2. The first-order chi connectivity index (χ1) is 15.3. The van der Waals surface area contributed by atoms with Gasteiger partial charge in [0.15, 0.2) is 12.7 Å². The fourth-order valence-corrected chi connectivity index (χ4v) is 4.99. The molecule has 0 bridgehead atoms. The summed E-state index contributed by atoms with van der Waals surface area (Å²) in [5.74, 6) is -2.30. The van der Waals surface area contributed by atoms with E-state index in [1.165, 1.54) is 4.90 Å². The lowest BCUT2D eigenvalue weighted by molar-refractivity contribution is -0.661. The maximum atomic E-state index is 12.4. The van der Waals surface area contributed by atoms with E-state index < -0.39 is 18.0 Å². The molecule has 1 saturated heterocycles. The van der Waals surface area contributed by atoms with Gasteiger partial charge < -0.3 is 25.6 Å². The van der Waals surface area contributed by atoms with E-state index in [0.29, 0.717) is 24.2 Å². The van der Waals surface area contributed by atoms with Crippen molar-refractivity contribution < 1.29 is 24.4 Å². The second kappa shape index (κ2) is 7.46. The molecule has 2 aromatic carbocycles. The van der Waals surface area contributed by atoms with E-state index in [1.54, 1.807) is 6.92 Å². The van der Waals surface area contributed by atoms with E-state index >= 15 is 0 Å². The first-order valence-corrected chi connectivity index (χ1v) is 10.6. The third-order valence-corrected chi connectivity index (χ3v) is 6.45. The largest absolute Gasteiger partial charge is 0.543 e. The van der Waals surface area contributed by atoms with E-state index in [2.05, 4.69) is 4.57 Å². The molecule has 0 spiro atoms. The number of aliphatic carboxylic acids is 1. The Balaban J connectivity index is 1.45. The maximum absolute atomic E-state index is 12.4. The third-order valence-electron chi connectivity index (χ3n) is 6.45. The predicted octanol–water partition coefficient (Wildman–Crippen LogP) is 0.830. The number of hydrogen-bond donors (Lipinski definition) is 2. The topological polar surface area (TPSA) is 111 Å². The number of carbonyl (C=O) groups is 2. The van der Waals surface area contributed by atoms with Gasteiger partial charge in [-0.25, -0.2) is 0 Å². The third kappa shape index (κ3) is 3.13. The quantitative estimate of drug-likeness (QED) is 0.461. The van der Waals surface area contributed by atoms with Crippen LogP contribution in [0.4, 0.5) is 5.69 Å². The van der Waals surface area contributed by atoms with Crippen LogP contribution in [-0.2, 0) is 16.1 Å². The molecule has 3 atom stereocenters. The molecule has 5 rings (SSSR count). The van der Waals surface area contributed by atoms with E-state index in [1.807, 2.05) is 60.8 Å². The number of fused-ring (bicyclic) bond motifs is 2. The van der Waals surface area contributed by atoms with Crippen LogP contribution in [0.25, 0.3) is 16.5 Å². The number of hydrogen-bond acceptors (Lipinski definition) is 5. The SMILES string of the molecule is C[C@@H](O)[C@H]1C(=O)N2C(C(=O)[O-])=C(c3ccc(C[n+]4cc(N)cc5ccccc54)cc3)C[C@H]12. The fraction of sp³-hybridized carbons (Fsp3) is 0.240. The molecule has 0 aliphatic carbocycles. The Bertz CT molecular complexity index is 1280. The van der Waals surface area contributed by atoms with Crippen LogP contribution >= 0.6 is 0 Å². The maximum Gasteiger partial charge on any atom is 0.235 e. The van der Waals surface area contributed by atoms with Gasteiger partial charge in [0.1, 0.15) is 0 Å². The molecular formula is C25H23N3O4. The van der Waals surface area contributed by atoms with Crippen LogP contribution in [0.15, 0.2) is 66.5 Å². The molecule has 3 aromatic rings. The number of aliphatic hydroxyl groups excluding tert-OH is 1. The number of aromatic nitrogens is 1. The van der Waals surface area contributed by atoms with Crippen LogP contribution in [0.1, 0.15) is 24.5 Å². The molecule has 7 nitrogen and oxygen atoms in total. The first kappa shape index (κ1) is 20.2. The van der Waals surface area contributed by atoms with E-state index in [0.717, 1.165) is 22.0 Å². The van der Waals surface area contributed by atoms with Gasteiger partial charge in [-0.1, -0.05) is 36.4 Å². The Labute approximate surface area is 185 Å². The van der Waals surface area contributed by atoms with Gasteiger partial charge in [0.2, 0.25) is 11.4 Å². The summed E-state index contributed by atoms with van der Waals surface area (Å²) in [5, 5.41) is 22.8. The van der Waals surface area contributed by atoms with E-state index in [4.69, 9.17) is 5.73 Å². The number of carboxylic acid groups (broad SMARTS) is 1. The lowest BCUT2D eigenvalue weighted by atomic mass is 9.82. The van der Waals surface area contributed by atoms with Gasteiger partial charge in [-0.05, 0) is 36.6 Å². The van der Waals surface area contributed by atoms with Crippen molar-refractivity contribution in [3.8, 4) is 0 Å². The highest BCUT2D eigenvalue weighted by Crippen LogP contribution is 2.46. The Morgan fingerprint density at radius 1 is 1.25 bits per heavy atom. The van der Waals surface area contributed by atoms with Crippen molar-refractivity contribution in [3.63, 3.8) is 0 Å². The monoisotopic (exact) mass is 429 g/mol. The summed E-state index contributed by atoms with van der Waals surface area (Å²) in [4.78, 5) is 25.5. The summed E-state index contributed by atoms with van der Waals surface area (Å²) in [6, 6.07) is 17.3. The van der Waals surface area contributed by atoms with Crippen molar-refractivity contribution in [1.29, 1.82) is 0 Å². The molecule has 3 heterocycles. The molecule has 0 saturated carbocycles. The summed E-state index contributed by atoms with van der Waals surface area (Å²) < 4.78 is 2.08. The van der Waals surface area contributed by atoms with Crippen molar-refractivity contribution in [2.45, 2.75) is 32.0 Å². The number of para-hydroxylation sites is 1. The lowest BCUT2D eigenvalue weighted by Gasteiger charge is -2.45. The summed E-state index contributed by atoms with van der Waals surface area (Å²) in [7, 11) is 0. The fourth-order valence-electron chi connectivity index (χ4n) is 4.99. The zero-order chi connectivity index (χ0) is 22.6. The number of carbonyl (C=O) groups excluding carboxylic acids is 2. The molecule has 7 heteroatoms. The Hall–Kier alpha value is -3.71. The summed E-state index contributed by atoms with van der Waals surface area (Å²) in [6.07, 6.45) is 1.47. The van der Waals surface area contributed by atoms with Crippen molar-refractivity contribution in [1.82, 2.24) is 4.90 Å². The van der Waals surface area contributed by atoms with Crippen LogP contribution in [0, 0.1) is 5.92 Å². The summed E-state index contributed by atoms with van der Waals surface area (Å²) in [6.45, 7) is 2.17. The van der Waals surface area contributed by atoms with Gasteiger partial charge in [-0.2, -0.15) is 4.57 Å². The average molecular weight is 429 g/mol. The van der Waals surface area contributed by atoms with Gasteiger partial charge >= 0.3 is 0 Å². The van der Waals surface area contributed by atoms with Crippen LogP contribution in [0.3, 0.4) is 0 Å². The number of pyridine rings is 1. The number of anilines is 1. The van der Waals surface area contributed by atoms with E-state index in [-0.39, 0.29) is 17.6 Å². The number of nitrogen functional groups attached to an aromatic ring is 1. The van der Waals surface area contributed by atoms with Crippen LogP contribution in [-0.4, -0.2) is 34.0 Å². The van der Waals surface area contributed by atoms with Gasteiger partial charge in [0.25, 0.3) is 0 Å². The van der Waals surface area contributed by atoms with Crippen molar-refractivity contribution in [3.05, 3.63) is 77.6 Å². The van der Waals surface area contributed by atoms with Gasteiger partial charge in [0, 0.05) is 17.0 Å². The minimum Gasteiger partial charge on any atom is -0.543 e. The molecule has 3 N–H and O–H groups in total. The number of nitrogens with two attached hydrogens (primary N) is 1. The summed E-state index contributed by atoms with van der Waals surface area (Å²) >= 11 is 0. The number of aliphatic hydroxyl groups is 1. The predicted molar refractivity (Wildman–Crippen MR) is 116 cm³/mol. The molecule has 2 aliphatic heterocycles. The van der Waals surface area contributed by atoms with Gasteiger partial charge in [-0.15, -0.1) is 0 Å². The average Bonchev–Trinajstić information content (AvgIpc) is 3.09. The van der Waals surface area contributed by atoms with Crippen molar-refractivity contribution >= 4 is 34.0 Å². The zero-order valence-corrected chi connectivity index (χ0v) is 17.6. The number of rotatable bonds is 5. The molecule has 162 valence electrons. The number of benzene rings is 2. The smallest absolute Gasteiger partial charge is 0.235 e. The molecule has 1 amide bonds.